The van der Waals surface area contributed by atoms with E-state index in [0.717, 1.165) is 51.6 Å². The van der Waals surface area contributed by atoms with Gasteiger partial charge in [0.25, 0.3) is 0 Å². The van der Waals surface area contributed by atoms with Crippen LogP contribution in [0, 0.1) is 0 Å². The second kappa shape index (κ2) is 9.45. The van der Waals surface area contributed by atoms with E-state index >= 15 is 0 Å². The molecule has 10 heteroatoms. The topological polar surface area (TPSA) is 64.5 Å². The molecule has 0 radical (unpaired) electrons. The normalized spacial score (nSPS) is 18.4. The Morgan fingerprint density at radius 2 is 1.74 bits per heavy atom. The Bertz CT molecular complexity index is 2350. The fourth-order valence-electron chi connectivity index (χ4n) is 7.98. The molecule has 7 heterocycles. The van der Waals surface area contributed by atoms with E-state index in [1.165, 1.54) is 6.07 Å². The molecule has 7 aromatic rings. The molecule has 0 amide bonds. The number of aromatic nitrogens is 6. The third-order valence-electron chi connectivity index (χ3n) is 10.2. The Labute approximate surface area is 261 Å². The zero-order valence-electron chi connectivity index (χ0n) is 25.2. The maximum Gasteiger partial charge on any atom is 0.435 e. The number of halogens is 3. The zero-order valence-corrected chi connectivity index (χ0v) is 25.2. The first-order valence-corrected chi connectivity index (χ1v) is 15.6. The van der Waals surface area contributed by atoms with Crippen LogP contribution in [0.3, 0.4) is 0 Å². The minimum atomic E-state index is -4.60. The second-order valence-electron chi connectivity index (χ2n) is 12.4. The van der Waals surface area contributed by atoms with Crippen LogP contribution < -0.4 is 9.13 Å². The van der Waals surface area contributed by atoms with Crippen molar-refractivity contribution in [2.75, 3.05) is 0 Å². The molecule has 0 saturated carbocycles. The standard InChI is InChI=1S/C36H29F3N6O/c1-3-35(4-2)19-28(45-27(18-32(42-45)36(37,38)39)26-12-7-8-15-43(26)35)33-24-17-31-23(21-10-5-6-13-30(21)46-31)16-22(24)29-20-41-25-11-9-14-40-34(25)44(29)33/h5-18,20,28,33H,3-4,19H2,1-2H3/q+2. The van der Waals surface area contributed by atoms with Crippen LogP contribution in [0.15, 0.2) is 95.8 Å². The number of rotatable bonds is 3. The van der Waals surface area contributed by atoms with Gasteiger partial charge in [0.05, 0.1) is 6.20 Å². The molecular formula is C36H29F3N6O+2. The zero-order chi connectivity index (χ0) is 31.4. The molecule has 0 bridgehead atoms. The molecule has 2 unspecified atom stereocenters. The summed E-state index contributed by atoms with van der Waals surface area (Å²) in [5.74, 6) is 0. The van der Waals surface area contributed by atoms with Gasteiger partial charge in [-0.1, -0.05) is 32.0 Å². The Morgan fingerprint density at radius 3 is 2.57 bits per heavy atom. The summed E-state index contributed by atoms with van der Waals surface area (Å²) in [5.41, 5.74) is 5.51. The van der Waals surface area contributed by atoms with Gasteiger partial charge in [-0.15, -0.1) is 0 Å². The van der Waals surface area contributed by atoms with Gasteiger partial charge in [0.1, 0.15) is 29.1 Å². The molecule has 0 fully saturated rings. The molecule has 7 nitrogen and oxygen atoms in total. The van der Waals surface area contributed by atoms with Crippen molar-refractivity contribution in [2.45, 2.75) is 56.9 Å². The van der Waals surface area contributed by atoms with Gasteiger partial charge < -0.3 is 4.42 Å². The van der Waals surface area contributed by atoms with E-state index in [-0.39, 0.29) is 5.54 Å². The molecule has 2 atom stereocenters. The number of pyridine rings is 2. The molecule has 2 aliphatic rings. The highest BCUT2D eigenvalue weighted by Gasteiger charge is 2.53. The van der Waals surface area contributed by atoms with Crippen molar-refractivity contribution >= 4 is 33.1 Å². The van der Waals surface area contributed by atoms with E-state index in [2.05, 4.69) is 40.2 Å². The lowest BCUT2D eigenvalue weighted by atomic mass is 9.81. The van der Waals surface area contributed by atoms with Crippen LogP contribution in [0.4, 0.5) is 13.2 Å². The SMILES string of the molecule is CCC1(CC)CC(C2c3cc4oc5ccccc5c4cc3-c3cnc4cccnc4[n+]32)n2nc(C(F)(F)F)cc2-c2cccc[n+]21. The Morgan fingerprint density at radius 1 is 0.913 bits per heavy atom. The van der Waals surface area contributed by atoms with Crippen LogP contribution in [-0.2, 0) is 11.7 Å². The van der Waals surface area contributed by atoms with Gasteiger partial charge in [-0.25, -0.2) is 9.55 Å². The van der Waals surface area contributed by atoms with Crippen molar-refractivity contribution in [1.29, 1.82) is 0 Å². The molecule has 46 heavy (non-hydrogen) atoms. The molecule has 2 aromatic carbocycles. The minimum absolute atomic E-state index is 0.385. The van der Waals surface area contributed by atoms with Crippen molar-refractivity contribution in [1.82, 2.24) is 19.7 Å². The van der Waals surface area contributed by atoms with Crippen LogP contribution in [-0.4, -0.2) is 19.7 Å². The van der Waals surface area contributed by atoms with Crippen LogP contribution in [0.5, 0.6) is 0 Å². The maximum atomic E-state index is 14.4. The fourth-order valence-corrected chi connectivity index (χ4v) is 7.98. The summed E-state index contributed by atoms with van der Waals surface area (Å²) in [5, 5.41) is 6.35. The molecule has 0 spiro atoms. The summed E-state index contributed by atoms with van der Waals surface area (Å²) in [7, 11) is 0. The number of benzene rings is 2. The van der Waals surface area contributed by atoms with Crippen molar-refractivity contribution in [3.63, 3.8) is 0 Å². The summed E-state index contributed by atoms with van der Waals surface area (Å²) >= 11 is 0. The fraction of sp³-hybridized carbons (Fsp3) is 0.250. The quantitative estimate of drug-likeness (QED) is 0.190. The van der Waals surface area contributed by atoms with Crippen LogP contribution >= 0.6 is 0 Å². The lowest BCUT2D eigenvalue weighted by Crippen LogP contribution is -2.57. The van der Waals surface area contributed by atoms with Gasteiger partial charge in [0.15, 0.2) is 34.7 Å². The van der Waals surface area contributed by atoms with Gasteiger partial charge in [-0.3, -0.25) is 4.68 Å². The highest BCUT2D eigenvalue weighted by Crippen LogP contribution is 2.49. The number of hydrogen-bond acceptors (Lipinski definition) is 4. The van der Waals surface area contributed by atoms with E-state index in [9.17, 15) is 13.2 Å². The number of alkyl halides is 3. The highest BCUT2D eigenvalue weighted by molar-refractivity contribution is 6.06. The second-order valence-corrected chi connectivity index (χ2v) is 12.4. The van der Waals surface area contributed by atoms with Crippen molar-refractivity contribution in [3.8, 4) is 22.6 Å². The minimum Gasteiger partial charge on any atom is -0.456 e. The van der Waals surface area contributed by atoms with Gasteiger partial charge in [-0.05, 0) is 41.4 Å². The maximum absolute atomic E-state index is 14.4. The van der Waals surface area contributed by atoms with Gasteiger partial charge >= 0.3 is 11.8 Å². The number of hydrogen-bond donors (Lipinski definition) is 0. The first kappa shape index (κ1) is 27.2. The summed E-state index contributed by atoms with van der Waals surface area (Å²) in [6, 6.07) is 21.9. The van der Waals surface area contributed by atoms with E-state index in [4.69, 9.17) is 14.4 Å². The highest BCUT2D eigenvalue weighted by atomic mass is 19.4. The van der Waals surface area contributed by atoms with Crippen LogP contribution in [0.1, 0.15) is 56.5 Å². The summed E-state index contributed by atoms with van der Waals surface area (Å²) in [6.07, 6.45) is 3.10. The molecule has 2 aliphatic heterocycles. The molecule has 0 N–H and O–H groups in total. The van der Waals surface area contributed by atoms with Crippen molar-refractivity contribution in [3.05, 3.63) is 103 Å². The Hall–Kier alpha value is -5.12. The number of nitrogens with zero attached hydrogens (tertiary/aromatic N) is 6. The summed E-state index contributed by atoms with van der Waals surface area (Å²) < 4.78 is 55.5. The third-order valence-corrected chi connectivity index (χ3v) is 10.2. The Balaban J connectivity index is 1.39. The lowest BCUT2D eigenvalue weighted by molar-refractivity contribution is -0.759. The molecular weight excluding hydrogens is 589 g/mol. The summed E-state index contributed by atoms with van der Waals surface area (Å²) in [6.45, 7) is 4.31. The van der Waals surface area contributed by atoms with E-state index < -0.39 is 24.0 Å². The van der Waals surface area contributed by atoms with Gasteiger partial charge in [-0.2, -0.15) is 22.8 Å². The van der Waals surface area contributed by atoms with E-state index in [0.29, 0.717) is 29.0 Å². The lowest BCUT2D eigenvalue weighted by Gasteiger charge is -2.31. The predicted octanol–water partition coefficient (Wildman–Crippen LogP) is 7.72. The number of fused-ring (bicyclic) bond motifs is 11. The monoisotopic (exact) mass is 618 g/mol. The van der Waals surface area contributed by atoms with Crippen LogP contribution in [0.2, 0.25) is 0 Å². The van der Waals surface area contributed by atoms with Crippen molar-refractivity contribution in [2.24, 2.45) is 0 Å². The van der Waals surface area contributed by atoms with Crippen molar-refractivity contribution < 1.29 is 26.7 Å². The smallest absolute Gasteiger partial charge is 0.435 e. The molecule has 9 rings (SSSR count). The first-order chi connectivity index (χ1) is 22.3. The number of furan rings is 1. The largest absolute Gasteiger partial charge is 0.456 e. The predicted molar refractivity (Wildman–Crippen MR) is 166 cm³/mol. The first-order valence-electron chi connectivity index (χ1n) is 15.6. The van der Waals surface area contributed by atoms with Crippen LogP contribution in [0.25, 0.3) is 55.7 Å². The van der Waals surface area contributed by atoms with E-state index in [1.54, 1.807) is 10.9 Å². The van der Waals surface area contributed by atoms with Gasteiger partial charge in [0.2, 0.25) is 5.69 Å². The third kappa shape index (κ3) is 3.64. The number of para-hydroxylation sites is 1. The average molecular weight is 619 g/mol. The molecule has 5 aromatic heterocycles. The molecule has 0 saturated heterocycles. The van der Waals surface area contributed by atoms with E-state index in [1.807, 2.05) is 67.0 Å². The molecule has 0 aliphatic carbocycles. The Kier molecular flexibility index (Phi) is 5.59. The summed E-state index contributed by atoms with van der Waals surface area (Å²) in [4.78, 5) is 9.56. The average Bonchev–Trinajstić information content (AvgIpc) is 3.75. The molecule has 228 valence electrons. The van der Waals surface area contributed by atoms with Gasteiger partial charge in [0, 0.05) is 59.4 Å².